The van der Waals surface area contributed by atoms with E-state index in [1.807, 2.05) is 4.57 Å². The first-order chi connectivity index (χ1) is 10.3. The number of hydrogen-bond acceptors (Lipinski definition) is 3. The first-order valence-corrected chi connectivity index (χ1v) is 7.46. The van der Waals surface area contributed by atoms with Gasteiger partial charge in [0.25, 0.3) is 0 Å². The highest BCUT2D eigenvalue weighted by Crippen LogP contribution is 2.26. The predicted octanol–water partition coefficient (Wildman–Crippen LogP) is 2.39. The highest BCUT2D eigenvalue weighted by atomic mass is 15.2. The molecule has 0 saturated carbocycles. The molecular weight excluding hydrogens is 262 g/mol. The summed E-state index contributed by atoms with van der Waals surface area (Å²) in [5, 5.41) is 9.07. The van der Waals surface area contributed by atoms with Gasteiger partial charge in [-0.1, -0.05) is 0 Å². The van der Waals surface area contributed by atoms with Crippen LogP contribution in [0.1, 0.15) is 18.4 Å². The third kappa shape index (κ3) is 2.23. The van der Waals surface area contributed by atoms with Crippen molar-refractivity contribution < 1.29 is 0 Å². The molecule has 1 atom stereocenters. The summed E-state index contributed by atoms with van der Waals surface area (Å²) in [7, 11) is 2.23. The third-order valence-electron chi connectivity index (χ3n) is 4.59. The number of H-pyrrole nitrogens is 1. The van der Waals surface area contributed by atoms with Crippen LogP contribution in [-0.4, -0.2) is 44.3 Å². The fourth-order valence-corrected chi connectivity index (χ4v) is 3.32. The van der Waals surface area contributed by atoms with Gasteiger partial charge in [0.1, 0.15) is 12.7 Å². The van der Waals surface area contributed by atoms with E-state index in [4.69, 9.17) is 0 Å². The van der Waals surface area contributed by atoms with Gasteiger partial charge in [-0.25, -0.2) is 0 Å². The van der Waals surface area contributed by atoms with Crippen molar-refractivity contribution in [2.24, 2.45) is 0 Å². The van der Waals surface area contributed by atoms with Gasteiger partial charge in [0, 0.05) is 28.8 Å². The molecule has 1 aliphatic heterocycles. The third-order valence-corrected chi connectivity index (χ3v) is 4.59. The molecule has 1 N–H and O–H groups in total. The summed E-state index contributed by atoms with van der Waals surface area (Å²) in [6.07, 6.45) is 9.36. The molecule has 1 aromatic carbocycles. The number of benzene rings is 1. The summed E-state index contributed by atoms with van der Waals surface area (Å²) in [5.41, 5.74) is 3.70. The predicted molar refractivity (Wildman–Crippen MR) is 82.6 cm³/mol. The van der Waals surface area contributed by atoms with Crippen LogP contribution in [-0.2, 0) is 6.42 Å². The summed E-state index contributed by atoms with van der Waals surface area (Å²) in [6.45, 7) is 1.22. The minimum Gasteiger partial charge on any atom is -0.361 e. The molecule has 0 spiro atoms. The number of fused-ring (bicyclic) bond motifs is 1. The Morgan fingerprint density at radius 3 is 2.90 bits per heavy atom. The van der Waals surface area contributed by atoms with Crippen LogP contribution in [0.4, 0.5) is 0 Å². The summed E-state index contributed by atoms with van der Waals surface area (Å²) in [4.78, 5) is 5.87. The Morgan fingerprint density at radius 1 is 1.29 bits per heavy atom. The lowest BCUT2D eigenvalue weighted by Gasteiger charge is -2.18. The first kappa shape index (κ1) is 12.6. The van der Waals surface area contributed by atoms with E-state index in [-0.39, 0.29) is 0 Å². The maximum atomic E-state index is 3.88. The molecule has 21 heavy (non-hydrogen) atoms. The van der Waals surface area contributed by atoms with Crippen molar-refractivity contribution in [2.75, 3.05) is 13.6 Å². The second-order valence-corrected chi connectivity index (χ2v) is 5.89. The van der Waals surface area contributed by atoms with Crippen LogP contribution in [0.5, 0.6) is 0 Å². The molecular formula is C16H19N5. The van der Waals surface area contributed by atoms with Crippen molar-refractivity contribution in [2.45, 2.75) is 25.3 Å². The number of likely N-dealkylation sites (N-methyl/N-ethyl adjacent to an activating group) is 1. The van der Waals surface area contributed by atoms with Crippen LogP contribution >= 0.6 is 0 Å². The fraction of sp³-hybridized carbons (Fsp3) is 0.375. The second kappa shape index (κ2) is 5.00. The molecule has 0 amide bonds. The van der Waals surface area contributed by atoms with Crippen LogP contribution in [0.2, 0.25) is 0 Å². The Balaban J connectivity index is 1.70. The Morgan fingerprint density at radius 2 is 2.14 bits per heavy atom. The maximum Gasteiger partial charge on any atom is 0.123 e. The number of nitrogens with one attached hydrogen (secondary N) is 1. The van der Waals surface area contributed by atoms with Crippen molar-refractivity contribution in [3.05, 3.63) is 42.6 Å². The van der Waals surface area contributed by atoms with E-state index in [0.717, 1.165) is 12.1 Å². The zero-order chi connectivity index (χ0) is 14.2. The Hall–Kier alpha value is -2.14. The molecule has 0 bridgehead atoms. The van der Waals surface area contributed by atoms with Gasteiger partial charge in [-0.2, -0.15) is 0 Å². The molecule has 1 fully saturated rings. The first-order valence-electron chi connectivity index (χ1n) is 7.46. The number of likely N-dealkylation sites (tertiary alicyclic amines) is 1. The molecule has 108 valence electrons. The van der Waals surface area contributed by atoms with Gasteiger partial charge in [0.15, 0.2) is 0 Å². The van der Waals surface area contributed by atoms with Crippen molar-refractivity contribution in [1.29, 1.82) is 0 Å². The lowest BCUT2D eigenvalue weighted by atomic mass is 10.0. The molecule has 5 nitrogen and oxygen atoms in total. The van der Waals surface area contributed by atoms with Gasteiger partial charge in [-0.05, 0) is 56.6 Å². The Bertz CT molecular complexity index is 743. The highest BCUT2D eigenvalue weighted by Gasteiger charge is 2.22. The number of hydrogen-bond donors (Lipinski definition) is 1. The quantitative estimate of drug-likeness (QED) is 0.802. The molecule has 0 unspecified atom stereocenters. The summed E-state index contributed by atoms with van der Waals surface area (Å²) >= 11 is 0. The monoisotopic (exact) mass is 281 g/mol. The molecule has 0 radical (unpaired) electrons. The van der Waals surface area contributed by atoms with Gasteiger partial charge >= 0.3 is 0 Å². The molecule has 1 saturated heterocycles. The van der Waals surface area contributed by atoms with E-state index in [1.165, 1.54) is 35.9 Å². The van der Waals surface area contributed by atoms with Crippen LogP contribution in [0, 0.1) is 0 Å². The van der Waals surface area contributed by atoms with E-state index in [9.17, 15) is 0 Å². The standard InChI is InChI=1S/C16H19N5/c1-20-6-2-3-13(20)7-12-9-17-16-5-4-14(8-15(12)16)21-10-18-19-11-21/h4-5,8-11,13,17H,2-3,6-7H2,1H3/t13-/m1/s1. The average Bonchev–Trinajstić information content (AvgIpc) is 3.22. The van der Waals surface area contributed by atoms with E-state index in [0.29, 0.717) is 6.04 Å². The number of rotatable bonds is 3. The minimum absolute atomic E-state index is 0.669. The molecule has 1 aliphatic rings. The van der Waals surface area contributed by atoms with Crippen molar-refractivity contribution in [3.63, 3.8) is 0 Å². The van der Waals surface area contributed by atoms with Crippen LogP contribution in [0.3, 0.4) is 0 Å². The maximum absolute atomic E-state index is 3.88. The van der Waals surface area contributed by atoms with Crippen molar-refractivity contribution in [3.8, 4) is 5.69 Å². The van der Waals surface area contributed by atoms with Gasteiger partial charge in [-0.3, -0.25) is 4.57 Å². The van der Waals surface area contributed by atoms with Gasteiger partial charge in [-0.15, -0.1) is 10.2 Å². The lowest BCUT2D eigenvalue weighted by molar-refractivity contribution is 0.310. The largest absolute Gasteiger partial charge is 0.361 e. The normalized spacial score (nSPS) is 19.6. The lowest BCUT2D eigenvalue weighted by Crippen LogP contribution is -2.26. The number of nitrogens with zero attached hydrogens (tertiary/aromatic N) is 4. The second-order valence-electron chi connectivity index (χ2n) is 5.89. The molecule has 3 aromatic rings. The van der Waals surface area contributed by atoms with Crippen molar-refractivity contribution in [1.82, 2.24) is 24.6 Å². The van der Waals surface area contributed by atoms with Gasteiger partial charge in [0.2, 0.25) is 0 Å². The fourth-order valence-electron chi connectivity index (χ4n) is 3.32. The van der Waals surface area contributed by atoms with E-state index in [2.05, 4.69) is 51.5 Å². The van der Waals surface area contributed by atoms with Crippen LogP contribution in [0.25, 0.3) is 16.6 Å². The summed E-state index contributed by atoms with van der Waals surface area (Å²) in [6, 6.07) is 7.11. The Kier molecular flexibility index (Phi) is 3.00. The zero-order valence-corrected chi connectivity index (χ0v) is 12.2. The number of aromatic amines is 1. The molecule has 5 heteroatoms. The van der Waals surface area contributed by atoms with Gasteiger partial charge < -0.3 is 9.88 Å². The van der Waals surface area contributed by atoms with Gasteiger partial charge in [0.05, 0.1) is 0 Å². The summed E-state index contributed by atoms with van der Waals surface area (Å²) < 4.78 is 1.94. The SMILES string of the molecule is CN1CCC[C@@H]1Cc1c[nH]c2ccc(-n3cnnc3)cc12. The number of aromatic nitrogens is 4. The molecule has 3 heterocycles. The molecule has 2 aromatic heterocycles. The van der Waals surface area contributed by atoms with Crippen LogP contribution < -0.4 is 0 Å². The highest BCUT2D eigenvalue weighted by molar-refractivity contribution is 5.85. The zero-order valence-electron chi connectivity index (χ0n) is 12.2. The van der Waals surface area contributed by atoms with E-state index < -0.39 is 0 Å². The van der Waals surface area contributed by atoms with Crippen molar-refractivity contribution >= 4 is 10.9 Å². The average molecular weight is 281 g/mol. The summed E-state index contributed by atoms with van der Waals surface area (Å²) in [5.74, 6) is 0. The molecule has 4 rings (SSSR count). The van der Waals surface area contributed by atoms with Crippen LogP contribution in [0.15, 0.2) is 37.1 Å². The minimum atomic E-state index is 0.669. The smallest absolute Gasteiger partial charge is 0.123 e. The Labute approximate surface area is 123 Å². The topological polar surface area (TPSA) is 49.7 Å². The van der Waals surface area contributed by atoms with E-state index in [1.54, 1.807) is 12.7 Å². The van der Waals surface area contributed by atoms with E-state index >= 15 is 0 Å². The molecule has 0 aliphatic carbocycles.